The van der Waals surface area contributed by atoms with Crippen LogP contribution in [0.15, 0.2) is 42.5 Å². The van der Waals surface area contributed by atoms with Crippen molar-refractivity contribution in [2.24, 2.45) is 0 Å². The van der Waals surface area contributed by atoms with Crippen molar-refractivity contribution >= 4 is 38.3 Å². The van der Waals surface area contributed by atoms with Gasteiger partial charge in [-0.05, 0) is 24.3 Å². The minimum Gasteiger partial charge on any atom is -0.494 e. The molecule has 0 saturated heterocycles. The Hall–Kier alpha value is -3.14. The maximum absolute atomic E-state index is 12.3. The van der Waals surface area contributed by atoms with E-state index in [2.05, 4.69) is 20.4 Å². The molecule has 136 valence electrons. The van der Waals surface area contributed by atoms with Crippen molar-refractivity contribution in [1.29, 1.82) is 0 Å². The highest BCUT2D eigenvalue weighted by atomic mass is 32.2. The number of fused-ring (bicyclic) bond motifs is 1. The van der Waals surface area contributed by atoms with E-state index in [1.165, 1.54) is 23.9 Å². The summed E-state index contributed by atoms with van der Waals surface area (Å²) in [5, 5.41) is 10.7. The summed E-state index contributed by atoms with van der Waals surface area (Å²) in [5.41, 5.74) is 2.22. The van der Waals surface area contributed by atoms with Crippen LogP contribution in [0.5, 0.6) is 5.75 Å². The third-order valence-corrected chi connectivity index (χ3v) is 4.08. The largest absolute Gasteiger partial charge is 0.494 e. The molecule has 0 aliphatic rings. The van der Waals surface area contributed by atoms with Crippen LogP contribution in [0.4, 0.5) is 11.4 Å². The molecule has 0 bridgehead atoms. The molecule has 0 saturated carbocycles. The lowest BCUT2D eigenvalue weighted by Crippen LogP contribution is -2.19. The zero-order chi connectivity index (χ0) is 18.7. The van der Waals surface area contributed by atoms with E-state index in [0.717, 1.165) is 11.8 Å². The maximum atomic E-state index is 12.3. The van der Waals surface area contributed by atoms with Gasteiger partial charge in [0.1, 0.15) is 17.8 Å². The number of methoxy groups -OCH3 is 1. The molecule has 0 atom stereocenters. The van der Waals surface area contributed by atoms with Crippen LogP contribution in [0.1, 0.15) is 0 Å². The zero-order valence-corrected chi connectivity index (χ0v) is 14.9. The molecule has 1 aromatic heterocycles. The summed E-state index contributed by atoms with van der Waals surface area (Å²) in [6.45, 7) is -0.00777. The number of ether oxygens (including phenoxy) is 1. The molecule has 0 aliphatic heterocycles. The third kappa shape index (κ3) is 4.09. The third-order valence-electron chi connectivity index (χ3n) is 3.49. The van der Waals surface area contributed by atoms with Crippen LogP contribution >= 0.6 is 0 Å². The Bertz CT molecular complexity index is 1060. The van der Waals surface area contributed by atoms with E-state index < -0.39 is 10.0 Å². The van der Waals surface area contributed by atoms with Crippen molar-refractivity contribution in [3.8, 4) is 5.75 Å². The summed E-state index contributed by atoms with van der Waals surface area (Å²) in [5.74, 6) is -0.00837. The second-order valence-electron chi connectivity index (χ2n) is 5.57. The average Bonchev–Trinajstić information content (AvgIpc) is 2.98. The predicted octanol–water partition coefficient (Wildman–Crippen LogP) is 1.45. The molecule has 0 aliphatic carbocycles. The minimum absolute atomic E-state index is 0.00777. The summed E-state index contributed by atoms with van der Waals surface area (Å²) in [4.78, 5) is 12.3. The number of hydrogen-bond donors (Lipinski definition) is 2. The molecule has 9 nitrogen and oxygen atoms in total. The van der Waals surface area contributed by atoms with Crippen LogP contribution in [0.25, 0.3) is 11.0 Å². The van der Waals surface area contributed by atoms with Crippen molar-refractivity contribution in [3.05, 3.63) is 42.5 Å². The Morgan fingerprint density at radius 3 is 2.73 bits per heavy atom. The van der Waals surface area contributed by atoms with Crippen molar-refractivity contribution in [1.82, 2.24) is 15.0 Å². The maximum Gasteiger partial charge on any atom is 0.246 e. The predicted molar refractivity (Wildman–Crippen MR) is 97.6 cm³/mol. The molecule has 0 fully saturated rings. The molecule has 0 spiro atoms. The molecule has 3 aromatic rings. The Labute approximate surface area is 150 Å². The molecule has 3 rings (SSSR count). The number of benzene rings is 2. The number of aromatic nitrogens is 3. The highest BCUT2D eigenvalue weighted by molar-refractivity contribution is 7.92. The average molecular weight is 375 g/mol. The van der Waals surface area contributed by atoms with Crippen molar-refractivity contribution in [3.63, 3.8) is 0 Å². The highest BCUT2D eigenvalue weighted by Crippen LogP contribution is 2.28. The Morgan fingerprint density at radius 2 is 2.00 bits per heavy atom. The fraction of sp³-hybridized carbons (Fsp3) is 0.188. The van der Waals surface area contributed by atoms with Crippen LogP contribution < -0.4 is 14.8 Å². The molecule has 0 unspecified atom stereocenters. The molecule has 10 heteroatoms. The van der Waals surface area contributed by atoms with Crippen molar-refractivity contribution in [2.75, 3.05) is 23.4 Å². The fourth-order valence-corrected chi connectivity index (χ4v) is 2.99. The van der Waals surface area contributed by atoms with Gasteiger partial charge in [-0.15, -0.1) is 5.10 Å². The molecule has 26 heavy (non-hydrogen) atoms. The Morgan fingerprint density at radius 1 is 1.23 bits per heavy atom. The first-order valence-corrected chi connectivity index (χ1v) is 9.49. The van der Waals surface area contributed by atoms with E-state index in [4.69, 9.17) is 4.74 Å². The number of anilines is 2. The highest BCUT2D eigenvalue weighted by Gasteiger charge is 2.12. The number of amides is 1. The molecule has 2 N–H and O–H groups in total. The van der Waals surface area contributed by atoms with Gasteiger partial charge in [0.15, 0.2) is 0 Å². The van der Waals surface area contributed by atoms with Gasteiger partial charge in [0.05, 0.1) is 24.6 Å². The van der Waals surface area contributed by atoms with E-state index in [1.54, 1.807) is 6.07 Å². The second-order valence-corrected chi connectivity index (χ2v) is 7.32. The normalized spacial score (nSPS) is 11.3. The van der Waals surface area contributed by atoms with Crippen LogP contribution in [0.3, 0.4) is 0 Å². The molecule has 1 amide bonds. The van der Waals surface area contributed by atoms with Crippen molar-refractivity contribution < 1.29 is 17.9 Å². The van der Waals surface area contributed by atoms with Gasteiger partial charge in [0.25, 0.3) is 0 Å². The first-order chi connectivity index (χ1) is 12.4. The first kappa shape index (κ1) is 17.7. The van der Waals surface area contributed by atoms with Gasteiger partial charge in [-0.2, -0.15) is 0 Å². The standard InChI is InChI=1S/C16H17N5O4S/c1-25-15-9-11(7-8-13(15)19-26(2,23)24)17-16(22)10-21-14-6-4-3-5-12(14)18-20-21/h3-9,19H,10H2,1-2H3,(H,17,22). The van der Waals surface area contributed by atoms with E-state index in [0.29, 0.717) is 17.0 Å². The summed E-state index contributed by atoms with van der Waals surface area (Å²) >= 11 is 0. The zero-order valence-electron chi connectivity index (χ0n) is 14.1. The number of nitrogens with zero attached hydrogens (tertiary/aromatic N) is 3. The van der Waals surface area contributed by atoms with E-state index >= 15 is 0 Å². The summed E-state index contributed by atoms with van der Waals surface area (Å²) < 4.78 is 31.8. The molecule has 1 heterocycles. The van der Waals surface area contributed by atoms with Gasteiger partial charge in [-0.25, -0.2) is 13.1 Å². The number of nitrogens with one attached hydrogen (secondary N) is 2. The number of carbonyl (C=O) groups is 1. The Kier molecular flexibility index (Phi) is 4.76. The number of para-hydroxylation sites is 1. The van der Waals surface area contributed by atoms with Crippen LogP contribution in [0, 0.1) is 0 Å². The summed E-state index contributed by atoms with van der Waals surface area (Å²) in [6.07, 6.45) is 1.05. The van der Waals surface area contributed by atoms with Crippen LogP contribution in [0.2, 0.25) is 0 Å². The SMILES string of the molecule is COc1cc(NC(=O)Cn2nnc3ccccc32)ccc1NS(C)(=O)=O. The molecule has 0 radical (unpaired) electrons. The van der Waals surface area contributed by atoms with Crippen LogP contribution in [-0.2, 0) is 21.4 Å². The van der Waals surface area contributed by atoms with Crippen molar-refractivity contribution in [2.45, 2.75) is 6.54 Å². The lowest BCUT2D eigenvalue weighted by Gasteiger charge is -2.12. The lowest BCUT2D eigenvalue weighted by atomic mass is 10.2. The van der Waals surface area contributed by atoms with Gasteiger partial charge in [-0.1, -0.05) is 17.3 Å². The monoisotopic (exact) mass is 375 g/mol. The number of carbonyl (C=O) groups excluding carboxylic acids is 1. The van der Waals surface area contributed by atoms with E-state index in [1.807, 2.05) is 24.3 Å². The van der Waals surface area contributed by atoms with Gasteiger partial charge in [0.2, 0.25) is 15.9 Å². The van der Waals surface area contributed by atoms with Gasteiger partial charge < -0.3 is 10.1 Å². The molecule has 2 aromatic carbocycles. The quantitative estimate of drug-likeness (QED) is 0.674. The second kappa shape index (κ2) is 7.00. The van der Waals surface area contributed by atoms with E-state index in [-0.39, 0.29) is 18.1 Å². The first-order valence-electron chi connectivity index (χ1n) is 7.59. The lowest BCUT2D eigenvalue weighted by molar-refractivity contribution is -0.116. The number of hydrogen-bond acceptors (Lipinski definition) is 6. The van der Waals surface area contributed by atoms with Gasteiger partial charge in [0, 0.05) is 11.8 Å². The Balaban J connectivity index is 1.75. The summed E-state index contributed by atoms with van der Waals surface area (Å²) in [7, 11) is -2.02. The fourth-order valence-electron chi connectivity index (χ4n) is 2.42. The van der Waals surface area contributed by atoms with Crippen LogP contribution in [-0.4, -0.2) is 42.7 Å². The van der Waals surface area contributed by atoms with Gasteiger partial charge >= 0.3 is 0 Å². The summed E-state index contributed by atoms with van der Waals surface area (Å²) in [6, 6.07) is 12.0. The van der Waals surface area contributed by atoms with E-state index in [9.17, 15) is 13.2 Å². The number of sulfonamides is 1. The molecular formula is C16H17N5O4S. The topological polar surface area (TPSA) is 115 Å². The van der Waals surface area contributed by atoms with Gasteiger partial charge in [-0.3, -0.25) is 9.52 Å². The minimum atomic E-state index is -3.44. The number of rotatable bonds is 6. The molecular weight excluding hydrogens is 358 g/mol. The smallest absolute Gasteiger partial charge is 0.246 e.